The maximum atomic E-state index is 11.7. The molecular weight excluding hydrogens is 452 g/mol. The molecule has 8 heteroatoms. The Balaban J connectivity index is 1.30. The van der Waals surface area contributed by atoms with Crippen molar-refractivity contribution in [2.75, 3.05) is 11.9 Å². The molecule has 4 aromatic rings. The molecule has 186 valence electrons. The molecule has 2 N–H and O–H groups in total. The lowest BCUT2D eigenvalue weighted by atomic mass is 10.0. The summed E-state index contributed by atoms with van der Waals surface area (Å²) in [6.45, 7) is 4.96. The van der Waals surface area contributed by atoms with Crippen LogP contribution in [0.5, 0.6) is 0 Å². The number of aliphatic carboxylic acids is 1. The normalized spacial score (nSPS) is 13.7. The molecule has 0 bridgehead atoms. The number of nitrogens with zero attached hydrogens (tertiary/aromatic N) is 5. The van der Waals surface area contributed by atoms with Crippen LogP contribution < -0.4 is 5.32 Å². The molecule has 1 aliphatic heterocycles. The third kappa shape index (κ3) is 5.32. The molecule has 0 spiro atoms. The molecule has 5 rings (SSSR count). The van der Waals surface area contributed by atoms with Crippen molar-refractivity contribution in [3.63, 3.8) is 0 Å². The van der Waals surface area contributed by atoms with Crippen LogP contribution in [-0.4, -0.2) is 42.2 Å². The minimum Gasteiger partial charge on any atom is -0.481 e. The van der Waals surface area contributed by atoms with Crippen LogP contribution in [0.2, 0.25) is 0 Å². The van der Waals surface area contributed by atoms with Crippen molar-refractivity contribution in [1.29, 1.82) is 0 Å². The highest BCUT2D eigenvalue weighted by Crippen LogP contribution is 2.25. The predicted octanol–water partition coefficient (Wildman–Crippen LogP) is 4.68. The molecule has 1 aromatic carbocycles. The lowest BCUT2D eigenvalue weighted by Gasteiger charge is -2.18. The summed E-state index contributed by atoms with van der Waals surface area (Å²) in [7, 11) is 0. The van der Waals surface area contributed by atoms with E-state index >= 15 is 0 Å². The Bertz CT molecular complexity index is 1370. The molecule has 0 aliphatic carbocycles. The van der Waals surface area contributed by atoms with E-state index < -0.39 is 12.0 Å². The molecule has 36 heavy (non-hydrogen) atoms. The Morgan fingerprint density at radius 3 is 2.75 bits per heavy atom. The number of anilines is 1. The fourth-order valence-corrected chi connectivity index (χ4v) is 4.93. The van der Waals surface area contributed by atoms with Crippen LogP contribution in [0, 0.1) is 13.8 Å². The highest BCUT2D eigenvalue weighted by atomic mass is 16.4. The topological polar surface area (TPSA) is 97.9 Å². The van der Waals surface area contributed by atoms with Gasteiger partial charge in [0, 0.05) is 24.1 Å². The zero-order valence-corrected chi connectivity index (χ0v) is 20.8. The minimum absolute atomic E-state index is 0.0479. The number of carboxylic acid groups (broad SMARTS) is 1. The number of nitrogens with one attached hydrogen (secondary N) is 1. The third-order valence-electron chi connectivity index (χ3n) is 6.68. The number of carbonyl (C=O) groups is 1. The molecule has 0 amide bonds. The van der Waals surface area contributed by atoms with E-state index in [-0.39, 0.29) is 6.42 Å². The van der Waals surface area contributed by atoms with Gasteiger partial charge in [-0.05, 0) is 87.4 Å². The Labute approximate surface area is 211 Å². The molecule has 0 fully saturated rings. The molecule has 0 saturated heterocycles. The Hall–Kier alpha value is -3.94. The van der Waals surface area contributed by atoms with Gasteiger partial charge in [0.2, 0.25) is 0 Å². The number of hydrogen-bond donors (Lipinski definition) is 2. The highest BCUT2D eigenvalue weighted by molar-refractivity contribution is 5.68. The quantitative estimate of drug-likeness (QED) is 0.358. The largest absolute Gasteiger partial charge is 0.481 e. The number of rotatable bonds is 9. The highest BCUT2D eigenvalue weighted by Gasteiger charge is 2.20. The summed E-state index contributed by atoms with van der Waals surface area (Å²) < 4.78 is 3.67. The van der Waals surface area contributed by atoms with Gasteiger partial charge in [-0.25, -0.2) is 9.67 Å². The summed E-state index contributed by atoms with van der Waals surface area (Å²) in [6, 6.07) is 15.8. The molecule has 1 atom stereocenters. The van der Waals surface area contributed by atoms with E-state index in [9.17, 15) is 9.90 Å². The SMILES string of the molecule is Cc1cc(C)n(-c2cccc(C(CC(=O)O)n3ccc(CCCc4ccc5c(n4)NCCC5)n3)c2)n1. The minimum atomic E-state index is -0.860. The van der Waals surface area contributed by atoms with E-state index in [1.807, 2.05) is 61.1 Å². The van der Waals surface area contributed by atoms with Crippen LogP contribution in [0.15, 0.2) is 54.7 Å². The lowest BCUT2D eigenvalue weighted by Crippen LogP contribution is -2.16. The molecule has 1 unspecified atom stereocenters. The number of carboxylic acids is 1. The summed E-state index contributed by atoms with van der Waals surface area (Å²) >= 11 is 0. The molecular formula is C28H32N6O2. The zero-order valence-electron chi connectivity index (χ0n) is 20.8. The van der Waals surface area contributed by atoms with Crippen LogP contribution >= 0.6 is 0 Å². The van der Waals surface area contributed by atoms with E-state index in [4.69, 9.17) is 10.1 Å². The van der Waals surface area contributed by atoms with Gasteiger partial charge in [-0.1, -0.05) is 18.2 Å². The van der Waals surface area contributed by atoms with Gasteiger partial charge in [0.1, 0.15) is 5.82 Å². The fraction of sp³-hybridized carbons (Fsp3) is 0.357. The maximum absolute atomic E-state index is 11.7. The van der Waals surface area contributed by atoms with Crippen LogP contribution in [0.3, 0.4) is 0 Å². The average Bonchev–Trinajstić information content (AvgIpc) is 3.48. The second kappa shape index (κ2) is 10.4. The zero-order chi connectivity index (χ0) is 25.1. The Kier molecular flexibility index (Phi) is 6.84. The number of benzene rings is 1. The van der Waals surface area contributed by atoms with E-state index in [1.54, 1.807) is 4.68 Å². The van der Waals surface area contributed by atoms with E-state index in [0.717, 1.165) is 78.5 Å². The van der Waals surface area contributed by atoms with Crippen LogP contribution in [-0.2, 0) is 24.1 Å². The standard InChI is InChI=1S/C28H32N6O2/c1-19-16-20(2)34(31-19)25-10-3-6-22(17-25)26(18-27(35)36)33-15-13-24(32-33)9-4-8-23-12-11-21-7-5-14-29-28(21)30-23/h3,6,10-13,15-17,26H,4-5,7-9,14,18H2,1-2H3,(H,29,30)(H,35,36). The van der Waals surface area contributed by atoms with Gasteiger partial charge in [0.15, 0.2) is 0 Å². The number of pyridine rings is 1. The first-order valence-electron chi connectivity index (χ1n) is 12.6. The Morgan fingerprint density at radius 2 is 1.94 bits per heavy atom. The fourth-order valence-electron chi connectivity index (χ4n) is 4.93. The van der Waals surface area contributed by atoms with E-state index in [1.165, 1.54) is 5.56 Å². The summed E-state index contributed by atoms with van der Waals surface area (Å²) in [5.74, 6) is 0.169. The summed E-state index contributed by atoms with van der Waals surface area (Å²) in [5, 5.41) is 22.4. The summed E-state index contributed by atoms with van der Waals surface area (Å²) in [5.41, 5.74) is 7.12. The number of fused-ring (bicyclic) bond motifs is 1. The molecule has 3 aromatic heterocycles. The van der Waals surface area contributed by atoms with E-state index in [0.29, 0.717) is 0 Å². The predicted molar refractivity (Wildman–Crippen MR) is 139 cm³/mol. The first-order chi connectivity index (χ1) is 17.5. The summed E-state index contributed by atoms with van der Waals surface area (Å²) in [6.07, 6.45) is 6.71. The molecule has 0 saturated carbocycles. The lowest BCUT2D eigenvalue weighted by molar-refractivity contribution is -0.137. The second-order valence-electron chi connectivity index (χ2n) is 9.53. The smallest absolute Gasteiger partial charge is 0.305 e. The van der Waals surface area contributed by atoms with Gasteiger partial charge in [-0.3, -0.25) is 9.48 Å². The second-order valence-corrected chi connectivity index (χ2v) is 9.53. The van der Waals surface area contributed by atoms with Crippen LogP contribution in [0.4, 0.5) is 5.82 Å². The maximum Gasteiger partial charge on any atom is 0.305 e. The summed E-state index contributed by atoms with van der Waals surface area (Å²) in [4.78, 5) is 16.5. The average molecular weight is 485 g/mol. The Morgan fingerprint density at radius 1 is 1.08 bits per heavy atom. The molecule has 0 radical (unpaired) electrons. The van der Waals surface area contributed by atoms with Gasteiger partial charge < -0.3 is 10.4 Å². The van der Waals surface area contributed by atoms with Gasteiger partial charge in [0.05, 0.1) is 29.5 Å². The van der Waals surface area contributed by atoms with Crippen molar-refractivity contribution in [1.82, 2.24) is 24.5 Å². The van der Waals surface area contributed by atoms with Crippen molar-refractivity contribution in [3.05, 3.63) is 88.6 Å². The first kappa shape index (κ1) is 23.8. The number of aromatic nitrogens is 5. The molecule has 4 heterocycles. The van der Waals surface area contributed by atoms with Crippen molar-refractivity contribution in [3.8, 4) is 5.69 Å². The third-order valence-corrected chi connectivity index (χ3v) is 6.68. The van der Waals surface area contributed by atoms with Crippen molar-refractivity contribution >= 4 is 11.8 Å². The van der Waals surface area contributed by atoms with Crippen LogP contribution in [0.1, 0.15) is 59.2 Å². The van der Waals surface area contributed by atoms with Gasteiger partial charge >= 0.3 is 5.97 Å². The van der Waals surface area contributed by atoms with Gasteiger partial charge in [0.25, 0.3) is 0 Å². The number of aryl methyl sites for hydroxylation is 5. The monoisotopic (exact) mass is 484 g/mol. The van der Waals surface area contributed by atoms with Crippen molar-refractivity contribution in [2.24, 2.45) is 0 Å². The first-order valence-corrected chi connectivity index (χ1v) is 12.6. The van der Waals surface area contributed by atoms with Gasteiger partial charge in [-0.15, -0.1) is 0 Å². The number of hydrogen-bond acceptors (Lipinski definition) is 5. The van der Waals surface area contributed by atoms with Gasteiger partial charge in [-0.2, -0.15) is 10.2 Å². The molecule has 8 nitrogen and oxygen atoms in total. The van der Waals surface area contributed by atoms with Crippen LogP contribution in [0.25, 0.3) is 5.69 Å². The van der Waals surface area contributed by atoms with E-state index in [2.05, 4.69) is 22.5 Å². The van der Waals surface area contributed by atoms with Crippen molar-refractivity contribution in [2.45, 2.75) is 58.4 Å². The van der Waals surface area contributed by atoms with Crippen molar-refractivity contribution < 1.29 is 9.90 Å². The molecule has 1 aliphatic rings.